The number of nitrogens with one attached hydrogen (secondary N) is 2. The third-order valence-electron chi connectivity index (χ3n) is 4.50. The van der Waals surface area contributed by atoms with Gasteiger partial charge < -0.3 is 20.1 Å². The summed E-state index contributed by atoms with van der Waals surface area (Å²) in [4.78, 5) is 24.8. The minimum Gasteiger partial charge on any atom is -0.493 e. The molecular weight excluding hydrogens is 308 g/mol. The van der Waals surface area contributed by atoms with E-state index >= 15 is 0 Å². The normalized spacial score (nSPS) is 25.1. The lowest BCUT2D eigenvalue weighted by atomic mass is 9.72. The topological polar surface area (TPSA) is 76.7 Å². The second kappa shape index (κ2) is 5.85. The molecule has 3 rings (SSSR count). The second-order valence-electron chi connectivity index (χ2n) is 6.90. The number of hydrogen-bond donors (Lipinski definition) is 2. The highest BCUT2D eigenvalue weighted by Gasteiger charge is 2.43. The summed E-state index contributed by atoms with van der Waals surface area (Å²) >= 11 is 0. The number of allylic oxidation sites excluding steroid dienone is 1. The molecule has 1 fully saturated rings. The lowest BCUT2D eigenvalue weighted by Crippen LogP contribution is -2.53. The molecule has 0 aromatic heterocycles. The summed E-state index contributed by atoms with van der Waals surface area (Å²) in [6.07, 6.45) is 2.44. The molecule has 2 N–H and O–H groups in total. The Kier molecular flexibility index (Phi) is 3.99. The first kappa shape index (κ1) is 16.4. The zero-order valence-electron chi connectivity index (χ0n) is 14.3. The van der Waals surface area contributed by atoms with Crippen molar-refractivity contribution in [3.8, 4) is 11.5 Å². The number of ether oxygens (including phenoxy) is 2. The van der Waals surface area contributed by atoms with Crippen molar-refractivity contribution in [2.24, 2.45) is 11.3 Å². The number of carbonyl (C=O) groups excluding carboxylic acids is 2. The monoisotopic (exact) mass is 330 g/mol. The number of ketones is 1. The van der Waals surface area contributed by atoms with Crippen LogP contribution < -0.4 is 20.1 Å². The predicted molar refractivity (Wildman–Crippen MR) is 88.9 cm³/mol. The smallest absolute Gasteiger partial charge is 0.319 e. The molecule has 0 saturated carbocycles. The standard InChI is InChI=1S/C18H22N2O4/c1-18(2)8-11-15(12(21)9-18)16(20-17(22)19-11)10-5-6-13(23-3)14(7-10)24-4/h5-8,15-16H,9H2,1-4H3,(H2,19,20,22). The molecule has 2 unspecified atom stereocenters. The van der Waals surface area contributed by atoms with Crippen LogP contribution >= 0.6 is 0 Å². The molecule has 1 saturated heterocycles. The van der Waals surface area contributed by atoms with Crippen molar-refractivity contribution in [2.75, 3.05) is 14.2 Å². The van der Waals surface area contributed by atoms with Gasteiger partial charge in [0.15, 0.2) is 11.5 Å². The SMILES string of the molecule is COc1ccc(C2NC(=O)NC3=CC(C)(C)CC(=O)C32)cc1OC. The molecular formula is C18H22N2O4. The van der Waals surface area contributed by atoms with Gasteiger partial charge in [-0.2, -0.15) is 0 Å². The number of amides is 2. The molecule has 2 atom stereocenters. The Bertz CT molecular complexity index is 724. The van der Waals surface area contributed by atoms with Crippen LogP contribution in [0.3, 0.4) is 0 Å². The van der Waals surface area contributed by atoms with Crippen LogP contribution in [0.4, 0.5) is 4.79 Å². The Hall–Kier alpha value is -2.50. The van der Waals surface area contributed by atoms with Crippen LogP contribution in [0.1, 0.15) is 31.9 Å². The van der Waals surface area contributed by atoms with E-state index in [1.807, 2.05) is 26.0 Å². The Morgan fingerprint density at radius 1 is 1.12 bits per heavy atom. The lowest BCUT2D eigenvalue weighted by Gasteiger charge is -2.40. The van der Waals surface area contributed by atoms with Gasteiger partial charge in [-0.15, -0.1) is 0 Å². The van der Waals surface area contributed by atoms with Crippen molar-refractivity contribution in [2.45, 2.75) is 26.3 Å². The molecule has 1 heterocycles. The maximum absolute atomic E-state index is 12.7. The number of fused-ring (bicyclic) bond motifs is 1. The van der Waals surface area contributed by atoms with E-state index in [0.29, 0.717) is 23.6 Å². The average Bonchev–Trinajstić information content (AvgIpc) is 2.51. The van der Waals surface area contributed by atoms with Gasteiger partial charge in [0.05, 0.1) is 26.2 Å². The number of benzene rings is 1. The number of urea groups is 1. The zero-order chi connectivity index (χ0) is 17.5. The minimum atomic E-state index is -0.423. The third-order valence-corrected chi connectivity index (χ3v) is 4.50. The molecule has 0 radical (unpaired) electrons. The second-order valence-corrected chi connectivity index (χ2v) is 6.90. The van der Waals surface area contributed by atoms with Gasteiger partial charge in [0.1, 0.15) is 5.78 Å². The molecule has 24 heavy (non-hydrogen) atoms. The number of hydrogen-bond acceptors (Lipinski definition) is 4. The highest BCUT2D eigenvalue weighted by Crippen LogP contribution is 2.42. The lowest BCUT2D eigenvalue weighted by molar-refractivity contribution is -0.125. The van der Waals surface area contributed by atoms with Gasteiger partial charge in [0, 0.05) is 12.1 Å². The van der Waals surface area contributed by atoms with Crippen molar-refractivity contribution in [3.63, 3.8) is 0 Å². The van der Waals surface area contributed by atoms with Gasteiger partial charge in [-0.05, 0) is 23.1 Å². The van der Waals surface area contributed by atoms with E-state index in [9.17, 15) is 9.59 Å². The summed E-state index contributed by atoms with van der Waals surface area (Å²) in [6, 6.07) is 4.71. The fourth-order valence-corrected chi connectivity index (χ4v) is 3.49. The van der Waals surface area contributed by atoms with E-state index in [2.05, 4.69) is 10.6 Å². The van der Waals surface area contributed by atoms with Gasteiger partial charge in [0.25, 0.3) is 0 Å². The summed E-state index contributed by atoms with van der Waals surface area (Å²) in [5.74, 6) is 0.879. The summed E-state index contributed by atoms with van der Waals surface area (Å²) in [5, 5.41) is 5.66. The molecule has 6 heteroatoms. The van der Waals surface area contributed by atoms with Crippen LogP contribution in [0.15, 0.2) is 30.0 Å². The summed E-state index contributed by atoms with van der Waals surface area (Å²) in [6.45, 7) is 3.99. The van der Waals surface area contributed by atoms with Crippen molar-refractivity contribution in [1.29, 1.82) is 0 Å². The molecule has 2 aliphatic rings. The number of carbonyl (C=O) groups is 2. The average molecular weight is 330 g/mol. The van der Waals surface area contributed by atoms with E-state index in [-0.39, 0.29) is 17.2 Å². The molecule has 1 aromatic carbocycles. The van der Waals surface area contributed by atoms with E-state index < -0.39 is 12.0 Å². The van der Waals surface area contributed by atoms with Crippen molar-refractivity contribution < 1.29 is 19.1 Å². The number of Topliss-reactive ketones (excluding diaryl/α,β-unsaturated/α-hetero) is 1. The van der Waals surface area contributed by atoms with Crippen molar-refractivity contribution >= 4 is 11.8 Å². The van der Waals surface area contributed by atoms with Crippen LogP contribution in [-0.2, 0) is 4.79 Å². The number of rotatable bonds is 3. The highest BCUT2D eigenvalue weighted by molar-refractivity contribution is 5.91. The Morgan fingerprint density at radius 3 is 2.50 bits per heavy atom. The van der Waals surface area contributed by atoms with Crippen LogP contribution in [0.5, 0.6) is 11.5 Å². The molecule has 1 aliphatic heterocycles. The molecule has 1 aliphatic carbocycles. The Morgan fingerprint density at radius 2 is 1.83 bits per heavy atom. The van der Waals surface area contributed by atoms with Crippen LogP contribution in [0.25, 0.3) is 0 Å². The van der Waals surface area contributed by atoms with Crippen LogP contribution in [-0.4, -0.2) is 26.0 Å². The van der Waals surface area contributed by atoms with Crippen LogP contribution in [0, 0.1) is 11.3 Å². The summed E-state index contributed by atoms with van der Waals surface area (Å²) < 4.78 is 10.6. The van der Waals surface area contributed by atoms with E-state index in [1.54, 1.807) is 26.4 Å². The first-order chi connectivity index (χ1) is 11.3. The molecule has 0 spiro atoms. The van der Waals surface area contributed by atoms with Gasteiger partial charge in [-0.3, -0.25) is 4.79 Å². The van der Waals surface area contributed by atoms with Gasteiger partial charge >= 0.3 is 6.03 Å². The zero-order valence-corrected chi connectivity index (χ0v) is 14.3. The molecule has 0 bridgehead atoms. The van der Waals surface area contributed by atoms with Gasteiger partial charge in [-0.1, -0.05) is 26.0 Å². The van der Waals surface area contributed by atoms with E-state index in [4.69, 9.17) is 9.47 Å². The summed E-state index contributed by atoms with van der Waals surface area (Å²) in [7, 11) is 3.12. The molecule has 2 amide bonds. The van der Waals surface area contributed by atoms with E-state index in [1.165, 1.54) is 0 Å². The third kappa shape index (κ3) is 2.84. The van der Waals surface area contributed by atoms with Crippen molar-refractivity contribution in [3.05, 3.63) is 35.5 Å². The minimum absolute atomic E-state index is 0.116. The summed E-state index contributed by atoms with van der Waals surface area (Å²) in [5.41, 5.74) is 1.24. The Balaban J connectivity index is 2.04. The largest absolute Gasteiger partial charge is 0.493 e. The van der Waals surface area contributed by atoms with Gasteiger partial charge in [0.2, 0.25) is 0 Å². The van der Waals surface area contributed by atoms with E-state index in [0.717, 1.165) is 5.56 Å². The van der Waals surface area contributed by atoms with Crippen LogP contribution in [0.2, 0.25) is 0 Å². The predicted octanol–water partition coefficient (Wildman–Crippen LogP) is 2.56. The number of methoxy groups -OCH3 is 2. The molecule has 128 valence electrons. The quantitative estimate of drug-likeness (QED) is 0.893. The fraction of sp³-hybridized carbons (Fsp3) is 0.444. The molecule has 1 aromatic rings. The molecule has 6 nitrogen and oxygen atoms in total. The first-order valence-electron chi connectivity index (χ1n) is 7.89. The highest BCUT2D eigenvalue weighted by atomic mass is 16.5. The Labute approximate surface area is 141 Å². The van der Waals surface area contributed by atoms with Gasteiger partial charge in [-0.25, -0.2) is 4.79 Å². The maximum Gasteiger partial charge on any atom is 0.319 e. The fourth-order valence-electron chi connectivity index (χ4n) is 3.49. The first-order valence-corrected chi connectivity index (χ1v) is 7.89. The van der Waals surface area contributed by atoms with Crippen molar-refractivity contribution in [1.82, 2.24) is 10.6 Å². The maximum atomic E-state index is 12.7.